The molecule has 1 aromatic heterocycles. The summed E-state index contributed by atoms with van der Waals surface area (Å²) in [5, 5.41) is 7.64. The predicted octanol–water partition coefficient (Wildman–Crippen LogP) is 1.25. The van der Waals surface area contributed by atoms with Gasteiger partial charge in [-0.05, 0) is 26.0 Å². The molecule has 1 rings (SSSR count). The second-order valence-corrected chi connectivity index (χ2v) is 4.17. The van der Waals surface area contributed by atoms with Crippen LogP contribution in [-0.2, 0) is 9.47 Å². The highest BCUT2D eigenvalue weighted by atomic mass is 16.5. The first-order valence-electron chi connectivity index (χ1n) is 6.90. The molecule has 0 spiro atoms. The number of pyridine rings is 1. The maximum absolute atomic E-state index is 7.64. The lowest BCUT2D eigenvalue weighted by atomic mass is 10.2. The smallest absolute Gasteiger partial charge is 0.139 e. The molecule has 0 amide bonds. The van der Waals surface area contributed by atoms with Gasteiger partial charge in [-0.15, -0.1) is 0 Å². The summed E-state index contributed by atoms with van der Waals surface area (Å²) in [7, 11) is 0. The normalized spacial score (nSPS) is 10.5. The summed E-state index contributed by atoms with van der Waals surface area (Å²) in [4.78, 5) is 6.40. The average Bonchev–Trinajstić information content (AvgIpc) is 2.46. The summed E-state index contributed by atoms with van der Waals surface area (Å²) >= 11 is 0. The van der Waals surface area contributed by atoms with Crippen molar-refractivity contribution in [2.75, 3.05) is 44.4 Å². The molecule has 20 heavy (non-hydrogen) atoms. The van der Waals surface area contributed by atoms with Crippen molar-refractivity contribution in [3.8, 4) is 0 Å². The summed E-state index contributed by atoms with van der Waals surface area (Å²) in [5.74, 6) is 0.727. The van der Waals surface area contributed by atoms with Gasteiger partial charge in [0.1, 0.15) is 11.7 Å². The maximum Gasteiger partial charge on any atom is 0.139 e. The highest BCUT2D eigenvalue weighted by Gasteiger charge is 2.14. The highest BCUT2D eigenvalue weighted by Crippen LogP contribution is 2.16. The molecule has 0 aliphatic rings. The van der Waals surface area contributed by atoms with Crippen molar-refractivity contribution in [3.05, 3.63) is 23.9 Å². The largest absolute Gasteiger partial charge is 0.384 e. The highest BCUT2D eigenvalue weighted by molar-refractivity contribution is 5.99. The molecule has 6 nitrogen and oxygen atoms in total. The van der Waals surface area contributed by atoms with Crippen LogP contribution in [0.5, 0.6) is 0 Å². The fourth-order valence-electron chi connectivity index (χ4n) is 1.82. The van der Waals surface area contributed by atoms with Gasteiger partial charge in [0, 0.05) is 32.5 Å². The number of nitrogens with one attached hydrogen (secondary N) is 1. The lowest BCUT2D eigenvalue weighted by Crippen LogP contribution is -2.33. The van der Waals surface area contributed by atoms with E-state index in [0.717, 1.165) is 0 Å². The summed E-state index contributed by atoms with van der Waals surface area (Å²) in [5.41, 5.74) is 6.26. The van der Waals surface area contributed by atoms with Crippen molar-refractivity contribution < 1.29 is 9.47 Å². The molecule has 1 aromatic rings. The van der Waals surface area contributed by atoms with Gasteiger partial charge in [0.05, 0.1) is 18.8 Å². The Kier molecular flexibility index (Phi) is 7.60. The first kappa shape index (κ1) is 16.4. The number of rotatable bonds is 10. The molecule has 0 aromatic carbocycles. The third-order valence-corrected chi connectivity index (χ3v) is 2.80. The van der Waals surface area contributed by atoms with Crippen LogP contribution in [0.3, 0.4) is 0 Å². The first-order chi connectivity index (χ1) is 9.70. The van der Waals surface area contributed by atoms with Gasteiger partial charge in [0.2, 0.25) is 0 Å². The Labute approximate surface area is 120 Å². The molecule has 0 saturated heterocycles. The molecule has 0 atom stereocenters. The first-order valence-corrected chi connectivity index (χ1v) is 6.90. The van der Waals surface area contributed by atoms with E-state index in [9.17, 15) is 0 Å². The second kappa shape index (κ2) is 9.28. The number of ether oxygens (including phenoxy) is 2. The minimum atomic E-state index is 0.0194. The topological polar surface area (TPSA) is 84.5 Å². The molecule has 0 aliphatic carbocycles. The second-order valence-electron chi connectivity index (χ2n) is 4.17. The monoisotopic (exact) mass is 280 g/mol. The summed E-state index contributed by atoms with van der Waals surface area (Å²) < 4.78 is 10.8. The summed E-state index contributed by atoms with van der Waals surface area (Å²) in [6, 6.07) is 3.59. The van der Waals surface area contributed by atoms with Gasteiger partial charge in [-0.2, -0.15) is 0 Å². The van der Waals surface area contributed by atoms with Crippen LogP contribution >= 0.6 is 0 Å². The van der Waals surface area contributed by atoms with E-state index >= 15 is 0 Å². The summed E-state index contributed by atoms with van der Waals surface area (Å²) in [6.07, 6.45) is 1.70. The number of hydrogen-bond donors (Lipinski definition) is 2. The van der Waals surface area contributed by atoms with Crippen LogP contribution in [-0.4, -0.2) is 50.3 Å². The van der Waals surface area contributed by atoms with Crippen molar-refractivity contribution >= 4 is 11.7 Å². The van der Waals surface area contributed by atoms with Crippen LogP contribution in [0.2, 0.25) is 0 Å². The number of amidine groups is 1. The van der Waals surface area contributed by atoms with Gasteiger partial charge in [-0.3, -0.25) is 5.41 Å². The minimum Gasteiger partial charge on any atom is -0.384 e. The van der Waals surface area contributed by atoms with E-state index in [1.165, 1.54) is 0 Å². The molecular formula is C14H24N4O2. The van der Waals surface area contributed by atoms with Crippen molar-refractivity contribution in [1.29, 1.82) is 5.41 Å². The van der Waals surface area contributed by atoms with Gasteiger partial charge in [0.15, 0.2) is 0 Å². The molecule has 0 aliphatic heterocycles. The van der Waals surface area contributed by atoms with E-state index in [4.69, 9.17) is 20.6 Å². The Hall–Kier alpha value is -1.66. The Morgan fingerprint density at radius 3 is 2.35 bits per heavy atom. The zero-order valence-electron chi connectivity index (χ0n) is 12.3. The fraction of sp³-hybridized carbons (Fsp3) is 0.571. The minimum absolute atomic E-state index is 0.0194. The molecule has 0 radical (unpaired) electrons. The lowest BCUT2D eigenvalue weighted by Gasteiger charge is -2.25. The third-order valence-electron chi connectivity index (χ3n) is 2.80. The molecule has 6 heteroatoms. The number of hydrogen-bond acceptors (Lipinski definition) is 5. The number of aromatic nitrogens is 1. The molecule has 3 N–H and O–H groups in total. The third kappa shape index (κ3) is 5.14. The van der Waals surface area contributed by atoms with Gasteiger partial charge >= 0.3 is 0 Å². The number of nitrogens with two attached hydrogens (primary N) is 1. The molecule has 0 bridgehead atoms. The van der Waals surface area contributed by atoms with Gasteiger partial charge in [-0.25, -0.2) is 4.98 Å². The van der Waals surface area contributed by atoms with E-state index in [1.807, 2.05) is 18.7 Å². The van der Waals surface area contributed by atoms with E-state index in [2.05, 4.69) is 4.98 Å². The molecule has 0 unspecified atom stereocenters. The van der Waals surface area contributed by atoms with Crippen molar-refractivity contribution in [2.45, 2.75) is 13.8 Å². The molecule has 1 heterocycles. The standard InChI is InChI=1S/C14H24N4O2/c1-3-19-10-8-18(9-11-20-4-2)14-12(13(15)16)6-5-7-17-14/h5-7H,3-4,8-11H2,1-2H3,(H3,15,16). The fourth-order valence-corrected chi connectivity index (χ4v) is 1.82. The van der Waals surface area contributed by atoms with Gasteiger partial charge in [-0.1, -0.05) is 0 Å². The Morgan fingerprint density at radius 2 is 1.85 bits per heavy atom. The Bertz CT molecular complexity index is 402. The number of nitrogens with zero attached hydrogens (tertiary/aromatic N) is 2. The van der Waals surface area contributed by atoms with Crippen LogP contribution in [0.4, 0.5) is 5.82 Å². The maximum atomic E-state index is 7.64. The van der Waals surface area contributed by atoms with Gasteiger partial charge in [0.25, 0.3) is 0 Å². The van der Waals surface area contributed by atoms with Crippen LogP contribution in [0.1, 0.15) is 19.4 Å². The zero-order valence-corrected chi connectivity index (χ0v) is 12.3. The van der Waals surface area contributed by atoms with E-state index in [1.54, 1.807) is 18.3 Å². The van der Waals surface area contributed by atoms with Crippen LogP contribution in [0.15, 0.2) is 18.3 Å². The Morgan fingerprint density at radius 1 is 1.25 bits per heavy atom. The lowest BCUT2D eigenvalue weighted by molar-refractivity contribution is 0.141. The number of nitrogen functional groups attached to an aromatic ring is 1. The SMILES string of the molecule is CCOCCN(CCOCC)c1ncccc1C(=N)N. The summed E-state index contributed by atoms with van der Waals surface area (Å²) in [6.45, 7) is 7.89. The molecular weight excluding hydrogens is 256 g/mol. The quantitative estimate of drug-likeness (QED) is 0.383. The van der Waals surface area contributed by atoms with E-state index < -0.39 is 0 Å². The Balaban J connectivity index is 2.81. The number of anilines is 1. The van der Waals surface area contributed by atoms with E-state index in [-0.39, 0.29) is 5.84 Å². The van der Waals surface area contributed by atoms with Gasteiger partial charge < -0.3 is 20.1 Å². The van der Waals surface area contributed by atoms with Crippen molar-refractivity contribution in [2.24, 2.45) is 5.73 Å². The molecule has 0 fully saturated rings. The van der Waals surface area contributed by atoms with Crippen LogP contribution < -0.4 is 10.6 Å². The van der Waals surface area contributed by atoms with Crippen molar-refractivity contribution in [3.63, 3.8) is 0 Å². The van der Waals surface area contributed by atoms with E-state index in [0.29, 0.717) is 50.9 Å². The average molecular weight is 280 g/mol. The van der Waals surface area contributed by atoms with Crippen LogP contribution in [0, 0.1) is 5.41 Å². The molecule has 112 valence electrons. The van der Waals surface area contributed by atoms with Crippen molar-refractivity contribution in [1.82, 2.24) is 4.98 Å². The zero-order chi connectivity index (χ0) is 14.8. The van der Waals surface area contributed by atoms with Crippen LogP contribution in [0.25, 0.3) is 0 Å². The predicted molar refractivity (Wildman–Crippen MR) is 80.5 cm³/mol. The molecule has 0 saturated carbocycles.